The number of nitro groups is 1. The van der Waals surface area contributed by atoms with E-state index in [4.69, 9.17) is 0 Å². The van der Waals surface area contributed by atoms with Crippen molar-refractivity contribution in [2.45, 2.75) is 57.9 Å². The second-order valence-electron chi connectivity index (χ2n) is 7.49. The van der Waals surface area contributed by atoms with E-state index in [1.54, 1.807) is 12.1 Å². The van der Waals surface area contributed by atoms with E-state index >= 15 is 0 Å². The van der Waals surface area contributed by atoms with Crippen LogP contribution in [0.2, 0.25) is 0 Å². The summed E-state index contributed by atoms with van der Waals surface area (Å²) in [7, 11) is 1.82. The van der Waals surface area contributed by atoms with Crippen molar-refractivity contribution in [1.82, 2.24) is 15.5 Å². The molecule has 29 heavy (non-hydrogen) atoms. The summed E-state index contributed by atoms with van der Waals surface area (Å²) >= 11 is 0. The number of halogens is 1. The van der Waals surface area contributed by atoms with Gasteiger partial charge >= 0.3 is 0 Å². The molecule has 0 radical (unpaired) electrons. The first kappa shape index (κ1) is 25.6. The Bertz CT molecular complexity index is 616. The number of non-ortho nitro benzene ring substituents is 1. The van der Waals surface area contributed by atoms with Crippen LogP contribution in [0.15, 0.2) is 29.3 Å². The van der Waals surface area contributed by atoms with Crippen LogP contribution in [0, 0.1) is 10.1 Å². The van der Waals surface area contributed by atoms with Gasteiger partial charge in [0.2, 0.25) is 0 Å². The zero-order chi connectivity index (χ0) is 20.2. The Morgan fingerprint density at radius 3 is 2.48 bits per heavy atom. The Kier molecular flexibility index (Phi) is 12.8. The van der Waals surface area contributed by atoms with Crippen LogP contribution in [0.3, 0.4) is 0 Å². The van der Waals surface area contributed by atoms with Crippen LogP contribution in [-0.2, 0) is 6.42 Å². The molecular formula is C21H36IN5O2. The largest absolute Gasteiger partial charge is 0.356 e. The van der Waals surface area contributed by atoms with Crippen molar-refractivity contribution in [3.63, 3.8) is 0 Å². The standard InChI is InChI=1S/C21H35N5O2.HI/c1-3-4-15-25-16-12-19(13-17-25)24-21(22-2)23-14-6-5-7-18-8-10-20(11-9-18)26(27)28;/h8-11,19H,3-7,12-17H2,1-2H3,(H2,22,23,24);1H. The number of hydrogen-bond acceptors (Lipinski definition) is 4. The van der Waals surface area contributed by atoms with Crippen molar-refractivity contribution < 1.29 is 4.92 Å². The van der Waals surface area contributed by atoms with E-state index < -0.39 is 0 Å². The van der Waals surface area contributed by atoms with Gasteiger partial charge in [-0.15, -0.1) is 24.0 Å². The average molecular weight is 517 g/mol. The van der Waals surface area contributed by atoms with Crippen molar-refractivity contribution in [2.24, 2.45) is 4.99 Å². The van der Waals surface area contributed by atoms with Crippen molar-refractivity contribution in [3.8, 4) is 0 Å². The van der Waals surface area contributed by atoms with E-state index in [0.717, 1.165) is 37.3 Å². The van der Waals surface area contributed by atoms with Gasteiger partial charge in [-0.05, 0) is 50.6 Å². The van der Waals surface area contributed by atoms with Crippen LogP contribution >= 0.6 is 24.0 Å². The first-order valence-corrected chi connectivity index (χ1v) is 10.5. The van der Waals surface area contributed by atoms with Gasteiger partial charge in [0.15, 0.2) is 5.96 Å². The summed E-state index contributed by atoms with van der Waals surface area (Å²) in [4.78, 5) is 17.2. The molecule has 1 aliphatic heterocycles. The van der Waals surface area contributed by atoms with Gasteiger partial charge in [-0.1, -0.05) is 25.5 Å². The predicted octanol–water partition coefficient (Wildman–Crippen LogP) is 3.97. The molecule has 1 aromatic carbocycles. The molecule has 0 spiro atoms. The monoisotopic (exact) mass is 517 g/mol. The molecule has 0 aliphatic carbocycles. The molecular weight excluding hydrogens is 481 g/mol. The Labute approximate surface area is 191 Å². The minimum absolute atomic E-state index is 0. The molecule has 0 unspecified atom stereocenters. The molecule has 0 atom stereocenters. The average Bonchev–Trinajstić information content (AvgIpc) is 2.72. The third-order valence-electron chi connectivity index (χ3n) is 5.31. The van der Waals surface area contributed by atoms with Crippen molar-refractivity contribution in [3.05, 3.63) is 39.9 Å². The highest BCUT2D eigenvalue weighted by atomic mass is 127. The topological polar surface area (TPSA) is 82.8 Å². The van der Waals surface area contributed by atoms with Gasteiger partial charge in [-0.3, -0.25) is 15.1 Å². The van der Waals surface area contributed by atoms with E-state index in [-0.39, 0.29) is 34.6 Å². The van der Waals surface area contributed by atoms with Gasteiger partial charge in [-0.2, -0.15) is 0 Å². The molecule has 0 aromatic heterocycles. The fraction of sp³-hybridized carbons (Fsp3) is 0.667. The van der Waals surface area contributed by atoms with E-state index in [1.807, 2.05) is 19.2 Å². The van der Waals surface area contributed by atoms with Crippen molar-refractivity contribution in [2.75, 3.05) is 33.2 Å². The molecule has 1 aliphatic rings. The van der Waals surface area contributed by atoms with Gasteiger partial charge in [0.05, 0.1) is 4.92 Å². The maximum Gasteiger partial charge on any atom is 0.269 e. The molecule has 1 aromatic rings. The Morgan fingerprint density at radius 2 is 1.90 bits per heavy atom. The SMILES string of the molecule is CCCCN1CCC(NC(=NC)NCCCCc2ccc([N+](=O)[O-])cc2)CC1.I. The highest BCUT2D eigenvalue weighted by Gasteiger charge is 2.19. The number of nitrogens with zero attached hydrogens (tertiary/aromatic N) is 3. The summed E-state index contributed by atoms with van der Waals surface area (Å²) in [6, 6.07) is 7.35. The molecule has 2 rings (SSSR count). The summed E-state index contributed by atoms with van der Waals surface area (Å²) in [5, 5.41) is 17.6. The number of hydrogen-bond donors (Lipinski definition) is 2. The van der Waals surface area contributed by atoms with E-state index in [1.165, 1.54) is 45.3 Å². The second kappa shape index (κ2) is 14.5. The van der Waals surface area contributed by atoms with Crippen LogP contribution in [0.4, 0.5) is 5.69 Å². The van der Waals surface area contributed by atoms with Gasteiger partial charge in [-0.25, -0.2) is 0 Å². The van der Waals surface area contributed by atoms with Crippen molar-refractivity contribution in [1.29, 1.82) is 0 Å². The molecule has 0 amide bonds. The quantitative estimate of drug-likeness (QED) is 0.123. The number of aliphatic imine (C=N–C) groups is 1. The molecule has 164 valence electrons. The molecule has 7 nitrogen and oxygen atoms in total. The summed E-state index contributed by atoms with van der Waals surface area (Å²) in [6.07, 6.45) is 7.90. The molecule has 0 saturated carbocycles. The predicted molar refractivity (Wildman–Crippen MR) is 130 cm³/mol. The lowest BCUT2D eigenvalue weighted by molar-refractivity contribution is -0.384. The van der Waals surface area contributed by atoms with Crippen LogP contribution < -0.4 is 10.6 Å². The third-order valence-corrected chi connectivity index (χ3v) is 5.31. The number of unbranched alkanes of at least 4 members (excludes halogenated alkanes) is 2. The molecule has 1 fully saturated rings. The zero-order valence-electron chi connectivity index (χ0n) is 17.7. The number of piperidine rings is 1. The fourth-order valence-corrected chi connectivity index (χ4v) is 3.52. The lowest BCUT2D eigenvalue weighted by atomic mass is 10.0. The lowest BCUT2D eigenvalue weighted by Crippen LogP contribution is -2.48. The summed E-state index contributed by atoms with van der Waals surface area (Å²) in [5.74, 6) is 0.891. The first-order chi connectivity index (χ1) is 13.6. The number of benzene rings is 1. The van der Waals surface area contributed by atoms with Gasteiger partial charge in [0, 0.05) is 44.9 Å². The van der Waals surface area contributed by atoms with Gasteiger partial charge < -0.3 is 15.5 Å². The van der Waals surface area contributed by atoms with Crippen molar-refractivity contribution >= 4 is 35.6 Å². The van der Waals surface area contributed by atoms with E-state index in [0.29, 0.717) is 6.04 Å². The van der Waals surface area contributed by atoms with Gasteiger partial charge in [0.1, 0.15) is 0 Å². The number of rotatable bonds is 10. The minimum atomic E-state index is -0.360. The minimum Gasteiger partial charge on any atom is -0.356 e. The zero-order valence-corrected chi connectivity index (χ0v) is 20.1. The maximum atomic E-state index is 10.7. The molecule has 1 saturated heterocycles. The summed E-state index contributed by atoms with van der Waals surface area (Å²) < 4.78 is 0. The number of nitrogens with one attached hydrogen (secondary N) is 2. The van der Waals surface area contributed by atoms with Crippen LogP contribution in [0.1, 0.15) is 51.0 Å². The Hall–Kier alpha value is -1.42. The van der Waals surface area contributed by atoms with Crippen LogP contribution in [-0.4, -0.2) is 55.1 Å². The number of nitro benzene ring substituents is 1. The second-order valence-corrected chi connectivity index (χ2v) is 7.49. The first-order valence-electron chi connectivity index (χ1n) is 10.5. The third kappa shape index (κ3) is 9.75. The molecule has 2 N–H and O–H groups in total. The number of guanidine groups is 1. The summed E-state index contributed by atoms with van der Waals surface area (Å²) in [5.41, 5.74) is 1.29. The van der Waals surface area contributed by atoms with Gasteiger partial charge in [0.25, 0.3) is 5.69 Å². The summed E-state index contributed by atoms with van der Waals surface area (Å²) in [6.45, 7) is 6.69. The smallest absolute Gasteiger partial charge is 0.269 e. The van der Waals surface area contributed by atoms with E-state index in [9.17, 15) is 10.1 Å². The molecule has 0 bridgehead atoms. The highest BCUT2D eigenvalue weighted by molar-refractivity contribution is 14.0. The Morgan fingerprint density at radius 1 is 1.21 bits per heavy atom. The maximum absolute atomic E-state index is 10.7. The van der Waals surface area contributed by atoms with Crippen LogP contribution in [0.5, 0.6) is 0 Å². The normalized spacial score (nSPS) is 15.6. The lowest BCUT2D eigenvalue weighted by Gasteiger charge is -2.33. The van der Waals surface area contributed by atoms with E-state index in [2.05, 4.69) is 27.4 Å². The number of aryl methyl sites for hydroxylation is 1. The number of likely N-dealkylation sites (tertiary alicyclic amines) is 1. The molecule has 8 heteroatoms. The van der Waals surface area contributed by atoms with Crippen LogP contribution in [0.25, 0.3) is 0 Å². The Balaban J connectivity index is 0.00000420. The fourth-order valence-electron chi connectivity index (χ4n) is 3.52. The molecule has 1 heterocycles. The highest BCUT2D eigenvalue weighted by Crippen LogP contribution is 2.14.